The normalized spacial score (nSPS) is 11.3. The summed E-state index contributed by atoms with van der Waals surface area (Å²) in [7, 11) is 4.08. The van der Waals surface area contributed by atoms with Crippen LogP contribution in [0, 0.1) is 0 Å². The highest BCUT2D eigenvalue weighted by Crippen LogP contribution is 2.29. The van der Waals surface area contributed by atoms with Crippen LogP contribution in [0.2, 0.25) is 0 Å². The van der Waals surface area contributed by atoms with Crippen molar-refractivity contribution in [2.45, 2.75) is 31.7 Å². The van der Waals surface area contributed by atoms with Crippen LogP contribution in [0.5, 0.6) is 5.75 Å². The van der Waals surface area contributed by atoms with Gasteiger partial charge in [0, 0.05) is 23.6 Å². The number of halogens is 3. The van der Waals surface area contributed by atoms with Gasteiger partial charge in [-0.15, -0.1) is 37.2 Å². The Hall–Kier alpha value is -1.02. The van der Waals surface area contributed by atoms with Crippen LogP contribution in [0.15, 0.2) is 24.4 Å². The van der Waals surface area contributed by atoms with Crippen LogP contribution in [0.25, 0.3) is 10.9 Å². The highest BCUT2D eigenvalue weighted by Gasteiger charge is 2.18. The SMILES string of the molecule is CN(C)CCc1c[nH]c2cccc(OC(=O)C(N)CCCCN)c12.Cl.Cl.Cl. The van der Waals surface area contributed by atoms with Gasteiger partial charge in [-0.25, -0.2) is 4.79 Å². The molecular weight excluding hydrogens is 411 g/mol. The summed E-state index contributed by atoms with van der Waals surface area (Å²) in [6.07, 6.45) is 5.14. The Kier molecular flexibility index (Phi) is 14.7. The van der Waals surface area contributed by atoms with Crippen molar-refractivity contribution in [1.29, 1.82) is 0 Å². The minimum Gasteiger partial charge on any atom is -0.425 e. The number of hydrogen-bond acceptors (Lipinski definition) is 5. The average Bonchev–Trinajstić information content (AvgIpc) is 2.97. The molecule has 1 heterocycles. The fourth-order valence-electron chi connectivity index (χ4n) is 2.66. The van der Waals surface area contributed by atoms with Crippen LogP contribution in [0.4, 0.5) is 0 Å². The molecule has 0 fully saturated rings. The van der Waals surface area contributed by atoms with Gasteiger partial charge < -0.3 is 26.1 Å². The van der Waals surface area contributed by atoms with Gasteiger partial charge in [-0.05, 0) is 57.6 Å². The highest BCUT2D eigenvalue weighted by molar-refractivity contribution is 5.92. The van der Waals surface area contributed by atoms with E-state index in [1.165, 1.54) is 0 Å². The van der Waals surface area contributed by atoms with Crippen molar-refractivity contribution in [3.8, 4) is 5.75 Å². The van der Waals surface area contributed by atoms with E-state index in [4.69, 9.17) is 16.2 Å². The standard InChI is InChI=1S/C18H28N4O2.3ClH/c1-22(2)11-9-13-12-21-15-7-5-8-16(17(13)15)24-18(23)14(20)6-3-4-10-19;;;/h5,7-8,12,14,21H,3-4,6,9-11,19-20H2,1-2H3;3*1H. The van der Waals surface area contributed by atoms with Crippen LogP contribution in [0.1, 0.15) is 24.8 Å². The van der Waals surface area contributed by atoms with Gasteiger partial charge in [-0.2, -0.15) is 0 Å². The Bertz CT molecular complexity index is 680. The number of nitrogens with two attached hydrogens (primary N) is 2. The Labute approximate surface area is 179 Å². The number of fused-ring (bicyclic) bond motifs is 1. The largest absolute Gasteiger partial charge is 0.425 e. The van der Waals surface area contributed by atoms with Gasteiger partial charge in [0.2, 0.25) is 0 Å². The first-order valence-electron chi connectivity index (χ1n) is 8.44. The predicted octanol–water partition coefficient (Wildman–Crippen LogP) is 2.90. The van der Waals surface area contributed by atoms with Crippen molar-refractivity contribution in [3.05, 3.63) is 30.0 Å². The summed E-state index contributed by atoms with van der Waals surface area (Å²) in [6, 6.07) is 5.06. The molecule has 0 amide bonds. The summed E-state index contributed by atoms with van der Waals surface area (Å²) >= 11 is 0. The van der Waals surface area contributed by atoms with E-state index < -0.39 is 6.04 Å². The van der Waals surface area contributed by atoms with Crippen LogP contribution < -0.4 is 16.2 Å². The van der Waals surface area contributed by atoms with Crippen molar-refractivity contribution in [2.24, 2.45) is 11.5 Å². The Morgan fingerprint density at radius 1 is 1.22 bits per heavy atom. The molecule has 0 aliphatic rings. The summed E-state index contributed by atoms with van der Waals surface area (Å²) in [5, 5.41) is 0.960. The summed E-state index contributed by atoms with van der Waals surface area (Å²) in [5.74, 6) is 0.182. The molecule has 1 aromatic carbocycles. The lowest BCUT2D eigenvalue weighted by Crippen LogP contribution is -2.34. The molecule has 6 nitrogen and oxygen atoms in total. The lowest BCUT2D eigenvalue weighted by atomic mass is 10.1. The molecule has 2 aromatic rings. The van der Waals surface area contributed by atoms with Crippen LogP contribution in [-0.4, -0.2) is 49.1 Å². The second-order valence-electron chi connectivity index (χ2n) is 6.36. The van der Waals surface area contributed by atoms with Crippen molar-refractivity contribution in [3.63, 3.8) is 0 Å². The smallest absolute Gasteiger partial charge is 0.328 e. The topological polar surface area (TPSA) is 97.4 Å². The lowest BCUT2D eigenvalue weighted by Gasteiger charge is -2.13. The average molecular weight is 442 g/mol. The van der Waals surface area contributed by atoms with Gasteiger partial charge in [0.1, 0.15) is 11.8 Å². The number of nitrogens with one attached hydrogen (secondary N) is 1. The maximum atomic E-state index is 12.3. The number of ether oxygens (including phenoxy) is 1. The van der Waals surface area contributed by atoms with E-state index in [-0.39, 0.29) is 43.2 Å². The minimum absolute atomic E-state index is 0. The maximum absolute atomic E-state index is 12.3. The zero-order valence-corrected chi connectivity index (χ0v) is 18.2. The summed E-state index contributed by atoms with van der Waals surface area (Å²) in [4.78, 5) is 17.6. The van der Waals surface area contributed by atoms with E-state index in [0.717, 1.165) is 42.3 Å². The third-order valence-corrected chi connectivity index (χ3v) is 4.06. The van der Waals surface area contributed by atoms with Crippen LogP contribution in [0.3, 0.4) is 0 Å². The van der Waals surface area contributed by atoms with Crippen molar-refractivity contribution in [2.75, 3.05) is 27.2 Å². The fraction of sp³-hybridized carbons (Fsp3) is 0.500. The zero-order chi connectivity index (χ0) is 17.5. The van der Waals surface area contributed by atoms with E-state index >= 15 is 0 Å². The third kappa shape index (κ3) is 8.25. The number of likely N-dealkylation sites (N-methyl/N-ethyl adjacent to an activating group) is 1. The van der Waals surface area contributed by atoms with Crippen molar-refractivity contribution in [1.82, 2.24) is 9.88 Å². The quantitative estimate of drug-likeness (QED) is 0.316. The van der Waals surface area contributed by atoms with E-state index in [9.17, 15) is 4.79 Å². The molecule has 9 heteroatoms. The molecular formula is C18H31Cl3N4O2. The first-order valence-corrected chi connectivity index (χ1v) is 8.44. The number of rotatable bonds is 9. The molecule has 0 saturated carbocycles. The van der Waals surface area contributed by atoms with E-state index in [1.54, 1.807) is 0 Å². The number of nitrogens with zero attached hydrogens (tertiary/aromatic N) is 1. The number of aromatic nitrogens is 1. The fourth-order valence-corrected chi connectivity index (χ4v) is 2.66. The molecule has 1 unspecified atom stereocenters. The monoisotopic (exact) mass is 440 g/mol. The number of esters is 1. The number of H-pyrrole nitrogens is 1. The molecule has 2 rings (SSSR count). The minimum atomic E-state index is -0.615. The number of unbranched alkanes of at least 4 members (excludes halogenated alkanes) is 1. The molecule has 0 aliphatic carbocycles. The molecule has 5 N–H and O–H groups in total. The second-order valence-corrected chi connectivity index (χ2v) is 6.36. The van der Waals surface area contributed by atoms with E-state index in [1.807, 2.05) is 38.5 Å². The first kappa shape index (κ1) is 28.2. The number of carbonyl (C=O) groups excluding carboxylic acids is 1. The second kappa shape index (κ2) is 14.0. The molecule has 0 aliphatic heterocycles. The first-order chi connectivity index (χ1) is 11.5. The molecule has 1 aromatic heterocycles. The number of carbonyl (C=O) groups is 1. The highest BCUT2D eigenvalue weighted by atomic mass is 35.5. The molecule has 0 spiro atoms. The van der Waals surface area contributed by atoms with Crippen molar-refractivity contribution >= 4 is 54.1 Å². The van der Waals surface area contributed by atoms with Gasteiger partial charge in [0.15, 0.2) is 0 Å². The maximum Gasteiger partial charge on any atom is 0.328 e. The predicted molar refractivity (Wildman–Crippen MR) is 119 cm³/mol. The summed E-state index contributed by atoms with van der Waals surface area (Å²) in [5.41, 5.74) is 13.5. The van der Waals surface area contributed by atoms with E-state index in [0.29, 0.717) is 18.7 Å². The zero-order valence-electron chi connectivity index (χ0n) is 15.8. The molecule has 0 bridgehead atoms. The number of hydrogen-bond donors (Lipinski definition) is 3. The molecule has 0 saturated heterocycles. The van der Waals surface area contributed by atoms with Gasteiger partial charge in [-0.1, -0.05) is 12.5 Å². The molecule has 156 valence electrons. The van der Waals surface area contributed by atoms with Crippen LogP contribution >= 0.6 is 37.2 Å². The third-order valence-electron chi connectivity index (χ3n) is 4.06. The molecule has 0 radical (unpaired) electrons. The molecule has 1 atom stereocenters. The Morgan fingerprint density at radius 3 is 2.56 bits per heavy atom. The Morgan fingerprint density at radius 2 is 1.93 bits per heavy atom. The number of aromatic amines is 1. The summed E-state index contributed by atoms with van der Waals surface area (Å²) < 4.78 is 5.60. The number of benzene rings is 1. The van der Waals surface area contributed by atoms with Gasteiger partial charge >= 0.3 is 5.97 Å². The van der Waals surface area contributed by atoms with E-state index in [2.05, 4.69) is 9.88 Å². The van der Waals surface area contributed by atoms with Gasteiger partial charge in [0.25, 0.3) is 0 Å². The van der Waals surface area contributed by atoms with Gasteiger partial charge in [0.05, 0.1) is 0 Å². The van der Waals surface area contributed by atoms with Crippen molar-refractivity contribution < 1.29 is 9.53 Å². The summed E-state index contributed by atoms with van der Waals surface area (Å²) in [6.45, 7) is 1.54. The van der Waals surface area contributed by atoms with Crippen LogP contribution in [-0.2, 0) is 11.2 Å². The lowest BCUT2D eigenvalue weighted by molar-refractivity contribution is -0.135. The Balaban J connectivity index is 0. The molecule has 27 heavy (non-hydrogen) atoms. The van der Waals surface area contributed by atoms with Gasteiger partial charge in [-0.3, -0.25) is 0 Å².